The minimum absolute atomic E-state index is 0.624. The third kappa shape index (κ3) is 8.48. The molecule has 2 heteroatoms. The average Bonchev–Trinajstić information content (AvgIpc) is 2.93. The fraction of sp³-hybridized carbons (Fsp3) is 0.947. The monoisotopic (exact) mass is 294 g/mol. The van der Waals surface area contributed by atoms with E-state index in [4.69, 9.17) is 0 Å². The normalized spacial score (nSPS) is 15.0. The fourth-order valence-corrected chi connectivity index (χ4v) is 3.23. The molecule has 0 fully saturated rings. The molecule has 0 spiro atoms. The first kappa shape index (κ1) is 18.5. The van der Waals surface area contributed by atoms with Crippen molar-refractivity contribution >= 4 is 5.84 Å². The van der Waals surface area contributed by atoms with Crippen LogP contribution >= 0.6 is 0 Å². The van der Waals surface area contributed by atoms with Crippen molar-refractivity contribution in [2.45, 2.75) is 104 Å². The van der Waals surface area contributed by atoms with Gasteiger partial charge in [0.2, 0.25) is 0 Å². The molecular weight excluding hydrogens is 256 g/mol. The van der Waals surface area contributed by atoms with Gasteiger partial charge in [0, 0.05) is 19.0 Å². The molecule has 0 atom stereocenters. The van der Waals surface area contributed by atoms with Crippen molar-refractivity contribution in [3.8, 4) is 0 Å². The number of hydrogen-bond acceptors (Lipinski definition) is 2. The molecule has 0 bridgehead atoms. The Labute approximate surface area is 133 Å². The summed E-state index contributed by atoms with van der Waals surface area (Å²) in [5, 5.41) is 0. The summed E-state index contributed by atoms with van der Waals surface area (Å²) in [6, 6.07) is 0.624. The van der Waals surface area contributed by atoms with Gasteiger partial charge >= 0.3 is 0 Å². The van der Waals surface area contributed by atoms with Crippen LogP contribution in [0, 0.1) is 0 Å². The zero-order valence-corrected chi connectivity index (χ0v) is 14.9. The van der Waals surface area contributed by atoms with Crippen LogP contribution in [-0.4, -0.2) is 29.9 Å². The maximum absolute atomic E-state index is 4.66. The standard InChI is InChI=1S/C19H38N2/c1-4-5-6-7-8-9-10-11-12-13-14-15-19-20-16-17-21(19)18(2)3/h18H,4-17H2,1-3H3. The van der Waals surface area contributed by atoms with Crippen LogP contribution in [0.4, 0.5) is 0 Å². The SMILES string of the molecule is CCCCCCCCCCCCCC1=NCCN1C(C)C. The Morgan fingerprint density at radius 3 is 1.90 bits per heavy atom. The summed E-state index contributed by atoms with van der Waals surface area (Å²) in [6.07, 6.45) is 16.8. The van der Waals surface area contributed by atoms with Crippen molar-refractivity contribution < 1.29 is 0 Å². The molecule has 0 saturated carbocycles. The highest BCUT2D eigenvalue weighted by atomic mass is 15.2. The number of aliphatic imine (C=N–C) groups is 1. The van der Waals surface area contributed by atoms with E-state index in [0.717, 1.165) is 13.1 Å². The first-order valence-corrected chi connectivity index (χ1v) is 9.55. The molecule has 2 nitrogen and oxygen atoms in total. The van der Waals surface area contributed by atoms with Gasteiger partial charge in [0.25, 0.3) is 0 Å². The Bertz CT molecular complexity index is 271. The van der Waals surface area contributed by atoms with E-state index >= 15 is 0 Å². The molecule has 1 aliphatic heterocycles. The Hall–Kier alpha value is -0.530. The van der Waals surface area contributed by atoms with Gasteiger partial charge in [0.15, 0.2) is 0 Å². The summed E-state index contributed by atoms with van der Waals surface area (Å²) < 4.78 is 0. The maximum Gasteiger partial charge on any atom is 0.0992 e. The quantitative estimate of drug-likeness (QED) is 0.391. The van der Waals surface area contributed by atoms with E-state index in [-0.39, 0.29) is 0 Å². The van der Waals surface area contributed by atoms with Gasteiger partial charge in [-0.15, -0.1) is 0 Å². The van der Waals surface area contributed by atoms with E-state index in [1.165, 1.54) is 82.9 Å². The van der Waals surface area contributed by atoms with Crippen LogP contribution in [0.15, 0.2) is 4.99 Å². The molecule has 124 valence electrons. The van der Waals surface area contributed by atoms with Crippen molar-refractivity contribution in [3.63, 3.8) is 0 Å². The van der Waals surface area contributed by atoms with Gasteiger partial charge in [-0.1, -0.05) is 71.1 Å². The van der Waals surface area contributed by atoms with Crippen LogP contribution < -0.4 is 0 Å². The number of amidine groups is 1. The molecule has 0 amide bonds. The number of unbranched alkanes of at least 4 members (excludes halogenated alkanes) is 10. The van der Waals surface area contributed by atoms with Gasteiger partial charge in [0.1, 0.15) is 0 Å². The van der Waals surface area contributed by atoms with Gasteiger partial charge in [-0.3, -0.25) is 4.99 Å². The lowest BCUT2D eigenvalue weighted by Gasteiger charge is -2.24. The zero-order valence-electron chi connectivity index (χ0n) is 14.9. The smallest absolute Gasteiger partial charge is 0.0992 e. The first-order chi connectivity index (χ1) is 10.3. The Kier molecular flexibility index (Phi) is 10.6. The minimum Gasteiger partial charge on any atom is -0.356 e. The second-order valence-electron chi connectivity index (χ2n) is 6.87. The Morgan fingerprint density at radius 1 is 0.857 bits per heavy atom. The lowest BCUT2D eigenvalue weighted by molar-refractivity contribution is 0.372. The van der Waals surface area contributed by atoms with Crippen LogP contribution in [0.2, 0.25) is 0 Å². The maximum atomic E-state index is 4.66. The molecule has 1 rings (SSSR count). The summed E-state index contributed by atoms with van der Waals surface area (Å²) in [5.74, 6) is 1.38. The van der Waals surface area contributed by atoms with Crippen molar-refractivity contribution in [1.29, 1.82) is 0 Å². The van der Waals surface area contributed by atoms with Crippen LogP contribution in [0.1, 0.15) is 97.8 Å². The molecule has 0 N–H and O–H groups in total. The summed E-state index contributed by atoms with van der Waals surface area (Å²) in [5.41, 5.74) is 0. The molecule has 0 unspecified atom stereocenters. The van der Waals surface area contributed by atoms with Gasteiger partial charge < -0.3 is 4.90 Å². The van der Waals surface area contributed by atoms with Crippen molar-refractivity contribution in [1.82, 2.24) is 4.90 Å². The highest BCUT2D eigenvalue weighted by Gasteiger charge is 2.18. The lowest BCUT2D eigenvalue weighted by atomic mass is 10.0. The summed E-state index contributed by atoms with van der Waals surface area (Å²) in [7, 11) is 0. The number of rotatable bonds is 13. The molecule has 21 heavy (non-hydrogen) atoms. The number of hydrogen-bond donors (Lipinski definition) is 0. The predicted molar refractivity (Wildman–Crippen MR) is 95.2 cm³/mol. The molecule has 0 aromatic heterocycles. The molecule has 0 aromatic rings. The topological polar surface area (TPSA) is 15.6 Å². The van der Waals surface area contributed by atoms with E-state index < -0.39 is 0 Å². The van der Waals surface area contributed by atoms with Gasteiger partial charge in [-0.05, 0) is 20.3 Å². The van der Waals surface area contributed by atoms with E-state index in [9.17, 15) is 0 Å². The van der Waals surface area contributed by atoms with Gasteiger partial charge in [-0.2, -0.15) is 0 Å². The highest BCUT2D eigenvalue weighted by molar-refractivity contribution is 5.83. The molecule has 0 saturated heterocycles. The van der Waals surface area contributed by atoms with Crippen molar-refractivity contribution in [2.24, 2.45) is 4.99 Å². The molecular formula is C19H38N2. The highest BCUT2D eigenvalue weighted by Crippen LogP contribution is 2.15. The van der Waals surface area contributed by atoms with Crippen LogP contribution in [0.3, 0.4) is 0 Å². The minimum atomic E-state index is 0.624. The zero-order chi connectivity index (χ0) is 15.3. The summed E-state index contributed by atoms with van der Waals surface area (Å²) >= 11 is 0. The van der Waals surface area contributed by atoms with Crippen LogP contribution in [-0.2, 0) is 0 Å². The third-order valence-electron chi connectivity index (χ3n) is 4.59. The summed E-state index contributed by atoms with van der Waals surface area (Å²) in [6.45, 7) is 9.01. The van der Waals surface area contributed by atoms with Crippen molar-refractivity contribution in [2.75, 3.05) is 13.1 Å². The second-order valence-corrected chi connectivity index (χ2v) is 6.87. The van der Waals surface area contributed by atoms with E-state index in [1.54, 1.807) is 0 Å². The van der Waals surface area contributed by atoms with Crippen molar-refractivity contribution in [3.05, 3.63) is 0 Å². The van der Waals surface area contributed by atoms with Gasteiger partial charge in [0.05, 0.1) is 12.4 Å². The van der Waals surface area contributed by atoms with Gasteiger partial charge in [-0.25, -0.2) is 0 Å². The Balaban J connectivity index is 1.87. The predicted octanol–water partition coefficient (Wildman–Crippen LogP) is 5.81. The molecule has 0 aromatic carbocycles. The molecule has 1 aliphatic rings. The Morgan fingerprint density at radius 2 is 1.38 bits per heavy atom. The van der Waals surface area contributed by atoms with E-state index in [2.05, 4.69) is 30.7 Å². The average molecular weight is 295 g/mol. The van der Waals surface area contributed by atoms with Crippen LogP contribution in [0.5, 0.6) is 0 Å². The second kappa shape index (κ2) is 12.1. The fourth-order valence-electron chi connectivity index (χ4n) is 3.23. The molecule has 1 heterocycles. The van der Waals surface area contributed by atoms with E-state index in [0.29, 0.717) is 6.04 Å². The number of nitrogens with zero attached hydrogens (tertiary/aromatic N) is 2. The third-order valence-corrected chi connectivity index (χ3v) is 4.59. The molecule has 0 radical (unpaired) electrons. The first-order valence-electron chi connectivity index (χ1n) is 9.55. The molecule has 0 aliphatic carbocycles. The lowest BCUT2D eigenvalue weighted by Crippen LogP contribution is -2.34. The van der Waals surface area contributed by atoms with E-state index in [1.807, 2.05) is 0 Å². The largest absolute Gasteiger partial charge is 0.356 e. The van der Waals surface area contributed by atoms with Crippen LogP contribution in [0.25, 0.3) is 0 Å². The summed E-state index contributed by atoms with van der Waals surface area (Å²) in [4.78, 5) is 7.15.